The first kappa shape index (κ1) is 33.5. The second-order valence-corrected chi connectivity index (χ2v) is 10.9. The minimum atomic E-state index is -4.75. The number of rotatable bonds is 12. The van der Waals surface area contributed by atoms with Crippen LogP contribution in [0.1, 0.15) is 72.1 Å². The number of amidine groups is 1. The van der Waals surface area contributed by atoms with Gasteiger partial charge in [0.25, 0.3) is 5.91 Å². The van der Waals surface area contributed by atoms with E-state index in [1.165, 1.54) is 38.1 Å². The average molecular weight is 608 g/mol. The van der Waals surface area contributed by atoms with Crippen molar-refractivity contribution in [3.63, 3.8) is 0 Å². The molecule has 1 aliphatic heterocycles. The summed E-state index contributed by atoms with van der Waals surface area (Å²) >= 11 is 0. The van der Waals surface area contributed by atoms with E-state index in [9.17, 15) is 42.9 Å². The largest absolute Gasteiger partial charge is 0.508 e. The van der Waals surface area contributed by atoms with E-state index < -0.39 is 66.4 Å². The zero-order chi connectivity index (χ0) is 31.9. The Kier molecular flexibility index (Phi) is 10.9. The Morgan fingerprint density at radius 1 is 1.09 bits per heavy atom. The monoisotopic (exact) mass is 607 g/mol. The van der Waals surface area contributed by atoms with Gasteiger partial charge < -0.3 is 30.7 Å². The van der Waals surface area contributed by atoms with E-state index in [1.54, 1.807) is 6.92 Å². The van der Waals surface area contributed by atoms with Crippen LogP contribution in [0.25, 0.3) is 0 Å². The van der Waals surface area contributed by atoms with Crippen molar-refractivity contribution in [2.75, 3.05) is 26.2 Å². The third-order valence-electron chi connectivity index (χ3n) is 6.75. The molecule has 1 unspecified atom stereocenters. The maximum atomic E-state index is 13.7. The Bertz CT molecular complexity index is 1340. The normalized spacial score (nSPS) is 16.1. The number of aromatic hydroxyl groups is 1. The van der Waals surface area contributed by atoms with Gasteiger partial charge in [-0.25, -0.2) is 0 Å². The van der Waals surface area contributed by atoms with Gasteiger partial charge in [-0.3, -0.25) is 19.4 Å². The fraction of sp³-hybridized carbons (Fsp3) is 0.467. The molecule has 3 rings (SSSR count). The van der Waals surface area contributed by atoms with Crippen LogP contribution >= 0.6 is 0 Å². The number of β-amino-alcohol motifs (C(OH)–C–C–N with tert-alkyl or cyclic N) is 1. The molecule has 0 aromatic heterocycles. The summed E-state index contributed by atoms with van der Waals surface area (Å²) in [6, 6.07) is 7.16. The van der Waals surface area contributed by atoms with Crippen molar-refractivity contribution in [3.05, 3.63) is 64.2 Å². The van der Waals surface area contributed by atoms with E-state index in [0.717, 1.165) is 12.1 Å². The molecule has 0 aliphatic carbocycles. The van der Waals surface area contributed by atoms with Crippen LogP contribution in [0.15, 0.2) is 41.4 Å². The number of hydrogen-bond donors (Lipinski definition) is 5. The molecular formula is C30H36F3N3O7. The predicted molar refractivity (Wildman–Crippen MR) is 151 cm³/mol. The number of nitrogens with zero attached hydrogens (tertiary/aromatic N) is 1. The fourth-order valence-electron chi connectivity index (χ4n) is 4.55. The smallest absolute Gasteiger partial charge is 0.416 e. The van der Waals surface area contributed by atoms with Gasteiger partial charge in [0.05, 0.1) is 43.4 Å². The van der Waals surface area contributed by atoms with Crippen molar-refractivity contribution < 1.29 is 47.6 Å². The number of aliphatic hydroxyl groups is 2. The van der Waals surface area contributed by atoms with Gasteiger partial charge in [0.2, 0.25) is 0 Å². The summed E-state index contributed by atoms with van der Waals surface area (Å²) < 4.78 is 46.1. The number of alkyl halides is 3. The molecular weight excluding hydrogens is 571 g/mol. The highest BCUT2D eigenvalue weighted by Crippen LogP contribution is 2.36. The van der Waals surface area contributed by atoms with Crippen LogP contribution in [-0.2, 0) is 32.5 Å². The zero-order valence-electron chi connectivity index (χ0n) is 24.1. The van der Waals surface area contributed by atoms with Crippen molar-refractivity contribution in [3.8, 4) is 5.75 Å². The second-order valence-electron chi connectivity index (χ2n) is 10.9. The lowest BCUT2D eigenvalue weighted by Crippen LogP contribution is -2.39. The maximum Gasteiger partial charge on any atom is 0.416 e. The number of ketones is 1. The Labute approximate surface area is 247 Å². The lowest BCUT2D eigenvalue weighted by molar-refractivity contribution is -0.143. The van der Waals surface area contributed by atoms with E-state index in [-0.39, 0.29) is 42.0 Å². The average Bonchev–Trinajstić information content (AvgIpc) is 2.91. The number of phenols is 1. The van der Waals surface area contributed by atoms with Gasteiger partial charge >= 0.3 is 12.1 Å². The van der Waals surface area contributed by atoms with E-state index in [1.807, 2.05) is 0 Å². The number of carbonyl (C=O) groups excluding carboxylic acids is 3. The molecule has 10 nitrogen and oxygen atoms in total. The number of halogens is 3. The summed E-state index contributed by atoms with van der Waals surface area (Å²) in [6.45, 7) is 4.31. The minimum Gasteiger partial charge on any atom is -0.508 e. The quantitative estimate of drug-likeness (QED) is 0.231. The molecule has 0 spiro atoms. The molecule has 2 aromatic rings. The minimum absolute atomic E-state index is 0.0176. The topological polar surface area (TPSA) is 158 Å². The molecule has 5 N–H and O–H groups in total. The number of nitrogens with one attached hydrogen (secondary N) is 2. The summed E-state index contributed by atoms with van der Waals surface area (Å²) in [4.78, 5) is 42.3. The third kappa shape index (κ3) is 10.1. The number of ether oxygens (including phenoxy) is 1. The van der Waals surface area contributed by atoms with E-state index in [2.05, 4.69) is 15.6 Å². The Hall–Kier alpha value is -3.97. The fourth-order valence-corrected chi connectivity index (χ4v) is 4.55. The first-order valence-corrected chi connectivity index (χ1v) is 13.7. The molecule has 1 amide bonds. The number of benzene rings is 2. The van der Waals surface area contributed by atoms with Crippen molar-refractivity contribution in [2.45, 2.75) is 63.8 Å². The van der Waals surface area contributed by atoms with Gasteiger partial charge in [0.1, 0.15) is 11.6 Å². The molecule has 1 heterocycles. The van der Waals surface area contributed by atoms with Gasteiger partial charge in [0, 0.05) is 30.9 Å². The SMILES string of the molecule is CCOC(=O)C[C@H](CC(=O)CNC(=O)c1cc(O)cc(CC2=NCC(O)CN2)c1)c1cc(C(C)(C)O)cc(C(F)(F)F)c1. The van der Waals surface area contributed by atoms with Crippen LogP contribution in [-0.4, -0.2) is 71.2 Å². The number of carbonyl (C=O) groups is 3. The maximum absolute atomic E-state index is 13.7. The first-order valence-electron chi connectivity index (χ1n) is 13.7. The Balaban J connectivity index is 1.77. The van der Waals surface area contributed by atoms with Crippen LogP contribution < -0.4 is 10.6 Å². The number of phenolic OH excluding ortho intramolecular Hbond substituents is 1. The van der Waals surface area contributed by atoms with Crippen molar-refractivity contribution in [1.29, 1.82) is 0 Å². The van der Waals surface area contributed by atoms with Crippen LogP contribution in [0.2, 0.25) is 0 Å². The van der Waals surface area contributed by atoms with E-state index in [0.29, 0.717) is 17.9 Å². The van der Waals surface area contributed by atoms with Gasteiger partial charge in [-0.1, -0.05) is 6.07 Å². The number of esters is 1. The molecule has 0 saturated carbocycles. The number of aliphatic hydroxyl groups excluding tert-OH is 1. The van der Waals surface area contributed by atoms with Gasteiger partial charge in [-0.2, -0.15) is 13.2 Å². The van der Waals surface area contributed by atoms with Crippen molar-refractivity contribution in [1.82, 2.24) is 10.6 Å². The lowest BCUT2D eigenvalue weighted by Gasteiger charge is -2.24. The molecule has 234 valence electrons. The van der Waals surface area contributed by atoms with Crippen molar-refractivity contribution >= 4 is 23.5 Å². The summed E-state index contributed by atoms with van der Waals surface area (Å²) in [5, 5.41) is 35.5. The molecule has 0 bridgehead atoms. The number of amides is 1. The molecule has 0 radical (unpaired) electrons. The van der Waals surface area contributed by atoms with Crippen LogP contribution in [0, 0.1) is 0 Å². The molecule has 43 heavy (non-hydrogen) atoms. The van der Waals surface area contributed by atoms with Gasteiger partial charge in [0.15, 0.2) is 5.78 Å². The lowest BCUT2D eigenvalue weighted by atomic mass is 9.85. The summed E-state index contributed by atoms with van der Waals surface area (Å²) in [6.07, 6.45) is -5.87. The Morgan fingerprint density at radius 3 is 2.40 bits per heavy atom. The molecule has 13 heteroatoms. The summed E-state index contributed by atoms with van der Waals surface area (Å²) in [5.41, 5.74) is -2.08. The molecule has 1 aliphatic rings. The first-order chi connectivity index (χ1) is 20.0. The van der Waals surface area contributed by atoms with Gasteiger partial charge in [-0.05, 0) is 67.8 Å². The predicted octanol–water partition coefficient (Wildman–Crippen LogP) is 2.97. The highest BCUT2D eigenvalue weighted by molar-refractivity contribution is 5.97. The van der Waals surface area contributed by atoms with Crippen molar-refractivity contribution in [2.24, 2.45) is 4.99 Å². The highest BCUT2D eigenvalue weighted by Gasteiger charge is 2.34. The summed E-state index contributed by atoms with van der Waals surface area (Å²) in [7, 11) is 0. The van der Waals surface area contributed by atoms with Gasteiger partial charge in [-0.15, -0.1) is 0 Å². The van der Waals surface area contributed by atoms with Crippen LogP contribution in [0.5, 0.6) is 5.75 Å². The third-order valence-corrected chi connectivity index (χ3v) is 6.75. The number of aliphatic imine (C=N–C) groups is 1. The number of hydrogen-bond acceptors (Lipinski definition) is 9. The van der Waals surface area contributed by atoms with Crippen LogP contribution in [0.3, 0.4) is 0 Å². The number of Topliss-reactive ketones (excluding diaryl/α,β-unsaturated/α-hetero) is 1. The zero-order valence-corrected chi connectivity index (χ0v) is 24.1. The molecule has 0 saturated heterocycles. The molecule has 2 aromatic carbocycles. The van der Waals surface area contributed by atoms with E-state index >= 15 is 0 Å². The Morgan fingerprint density at radius 2 is 1.79 bits per heavy atom. The highest BCUT2D eigenvalue weighted by atomic mass is 19.4. The molecule has 0 fully saturated rings. The van der Waals surface area contributed by atoms with E-state index in [4.69, 9.17) is 4.74 Å². The standard InChI is InChI=1S/C30H36F3N3O7/c1-4-43-27(40)12-19(18-8-21(29(2,3)42)13-22(9-18)30(31,32)33)10-24(38)14-36-28(41)20-5-17(6-23(37)11-20)7-26-34-15-25(39)16-35-26/h5-6,8-9,11,13,19,25,37,39,42H,4,7,10,12,14-16H2,1-3H3,(H,34,35)(H,36,41)/t19-/m0/s1. The summed E-state index contributed by atoms with van der Waals surface area (Å²) in [5.74, 6) is -2.60. The second kappa shape index (κ2) is 14.0. The molecule has 2 atom stereocenters. The van der Waals surface area contributed by atoms with Crippen LogP contribution in [0.4, 0.5) is 13.2 Å².